The van der Waals surface area contributed by atoms with Gasteiger partial charge in [0.1, 0.15) is 0 Å². The first kappa shape index (κ1) is 11.7. The number of ether oxygens (including phenoxy) is 1. The second-order valence-corrected chi connectivity index (χ2v) is 1.30. The van der Waals surface area contributed by atoms with Crippen molar-refractivity contribution in [1.82, 2.24) is 0 Å². The van der Waals surface area contributed by atoms with Crippen LogP contribution in [0.25, 0.3) is 0 Å². The van der Waals surface area contributed by atoms with Gasteiger partial charge < -0.3 is 9.84 Å². The Morgan fingerprint density at radius 2 is 1.40 bits per heavy atom. The van der Waals surface area contributed by atoms with Crippen molar-refractivity contribution in [3.05, 3.63) is 38.2 Å². The summed E-state index contributed by atoms with van der Waals surface area (Å²) in [5, 5.41) is 7.33. The molecule has 0 aromatic heterocycles. The number of rotatable bonds is 4. The molecule has 0 aromatic carbocycles. The Morgan fingerprint density at radius 3 is 1.60 bits per heavy atom. The molecule has 58 valence electrons. The Kier molecular flexibility index (Phi) is 18.4. The van der Waals surface area contributed by atoms with E-state index in [1.54, 1.807) is 12.2 Å². The second-order valence-electron chi connectivity index (χ2n) is 1.30. The summed E-state index contributed by atoms with van der Waals surface area (Å²) in [6.07, 6.45) is 4.17. The number of aliphatic hydroxyl groups excluding tert-OH is 1. The molecule has 0 aliphatic rings. The normalized spacial score (nSPS) is 6.80. The standard InChI is InChI=1S/C6H10O.C2H4O/c1-3-5-7-6-4-2;1-2-3/h3-4H,1-2,5-6H2;2-3H,1H2. The van der Waals surface area contributed by atoms with Crippen molar-refractivity contribution in [2.45, 2.75) is 0 Å². The summed E-state index contributed by atoms with van der Waals surface area (Å²) < 4.78 is 4.90. The van der Waals surface area contributed by atoms with E-state index in [1.165, 1.54) is 0 Å². The van der Waals surface area contributed by atoms with Crippen molar-refractivity contribution in [2.75, 3.05) is 13.2 Å². The first-order valence-corrected chi connectivity index (χ1v) is 2.88. The van der Waals surface area contributed by atoms with Crippen molar-refractivity contribution < 1.29 is 9.84 Å². The van der Waals surface area contributed by atoms with Crippen LogP contribution in [0.5, 0.6) is 0 Å². The summed E-state index contributed by atoms with van der Waals surface area (Å²) in [6, 6.07) is 0. The Labute approximate surface area is 62.1 Å². The zero-order valence-corrected chi connectivity index (χ0v) is 6.12. The predicted octanol–water partition coefficient (Wildman–Crippen LogP) is 2.06. The van der Waals surface area contributed by atoms with Crippen molar-refractivity contribution in [3.8, 4) is 0 Å². The van der Waals surface area contributed by atoms with E-state index in [0.717, 1.165) is 6.26 Å². The molecule has 0 saturated carbocycles. The maximum absolute atomic E-state index is 7.33. The summed E-state index contributed by atoms with van der Waals surface area (Å²) in [4.78, 5) is 0. The molecule has 0 aliphatic carbocycles. The molecule has 0 bridgehead atoms. The van der Waals surface area contributed by atoms with Gasteiger partial charge in [-0.25, -0.2) is 0 Å². The van der Waals surface area contributed by atoms with E-state index >= 15 is 0 Å². The highest BCUT2D eigenvalue weighted by Gasteiger charge is 1.70. The second kappa shape index (κ2) is 15.7. The van der Waals surface area contributed by atoms with Crippen LogP contribution in [-0.4, -0.2) is 18.3 Å². The van der Waals surface area contributed by atoms with Crippen LogP contribution in [0.2, 0.25) is 0 Å². The number of hydrogen-bond acceptors (Lipinski definition) is 2. The van der Waals surface area contributed by atoms with Gasteiger partial charge >= 0.3 is 0 Å². The zero-order valence-electron chi connectivity index (χ0n) is 6.12. The third-order valence-corrected chi connectivity index (χ3v) is 0.471. The van der Waals surface area contributed by atoms with Crippen molar-refractivity contribution in [3.63, 3.8) is 0 Å². The Balaban J connectivity index is 0. The lowest BCUT2D eigenvalue weighted by molar-refractivity contribution is 0.194. The summed E-state index contributed by atoms with van der Waals surface area (Å²) in [5.41, 5.74) is 0. The minimum Gasteiger partial charge on any atom is -0.516 e. The third kappa shape index (κ3) is 28.1. The molecular weight excluding hydrogens is 128 g/mol. The summed E-state index contributed by atoms with van der Waals surface area (Å²) in [7, 11) is 0. The Hall–Kier alpha value is -1.02. The van der Waals surface area contributed by atoms with Gasteiger partial charge in [0.05, 0.1) is 19.5 Å². The lowest BCUT2D eigenvalue weighted by atomic mass is 10.6. The number of hydrogen-bond donors (Lipinski definition) is 1. The predicted molar refractivity (Wildman–Crippen MR) is 44.0 cm³/mol. The fraction of sp³-hybridized carbons (Fsp3) is 0.250. The van der Waals surface area contributed by atoms with Crippen LogP contribution < -0.4 is 0 Å². The van der Waals surface area contributed by atoms with Gasteiger partial charge in [0.2, 0.25) is 0 Å². The quantitative estimate of drug-likeness (QED) is 0.370. The van der Waals surface area contributed by atoms with Gasteiger partial charge in [-0.05, 0) is 0 Å². The number of aliphatic hydroxyl groups is 1. The fourth-order valence-electron chi connectivity index (χ4n) is 0.235. The molecule has 2 nitrogen and oxygen atoms in total. The van der Waals surface area contributed by atoms with Crippen molar-refractivity contribution >= 4 is 0 Å². The molecule has 0 amide bonds. The molecule has 2 heteroatoms. The smallest absolute Gasteiger partial charge is 0.0719 e. The maximum atomic E-state index is 7.33. The summed E-state index contributed by atoms with van der Waals surface area (Å²) in [5.74, 6) is 0. The molecule has 0 fully saturated rings. The first-order valence-electron chi connectivity index (χ1n) is 2.88. The molecule has 0 aromatic rings. The molecule has 0 saturated heterocycles. The lowest BCUT2D eigenvalue weighted by Gasteiger charge is -1.89. The van der Waals surface area contributed by atoms with Crippen molar-refractivity contribution in [2.24, 2.45) is 0 Å². The molecule has 0 radical (unpaired) electrons. The molecule has 0 spiro atoms. The van der Waals surface area contributed by atoms with Gasteiger partial charge in [0, 0.05) is 0 Å². The largest absolute Gasteiger partial charge is 0.516 e. The van der Waals surface area contributed by atoms with E-state index in [4.69, 9.17) is 9.84 Å². The fourth-order valence-corrected chi connectivity index (χ4v) is 0.235. The Bertz CT molecular complexity index is 79.3. The van der Waals surface area contributed by atoms with Crippen LogP contribution in [0.15, 0.2) is 38.2 Å². The Morgan fingerprint density at radius 1 is 1.10 bits per heavy atom. The summed E-state index contributed by atoms with van der Waals surface area (Å²) in [6.45, 7) is 11.1. The molecular formula is C8H14O2. The lowest BCUT2D eigenvalue weighted by Crippen LogP contribution is -1.87. The van der Waals surface area contributed by atoms with Crippen LogP contribution in [0.3, 0.4) is 0 Å². The third-order valence-electron chi connectivity index (χ3n) is 0.471. The van der Waals surface area contributed by atoms with E-state index in [1.807, 2.05) is 0 Å². The summed E-state index contributed by atoms with van der Waals surface area (Å²) >= 11 is 0. The molecule has 0 aliphatic heterocycles. The average molecular weight is 142 g/mol. The monoisotopic (exact) mass is 142 g/mol. The van der Waals surface area contributed by atoms with Crippen LogP contribution in [-0.2, 0) is 4.74 Å². The maximum Gasteiger partial charge on any atom is 0.0719 e. The van der Waals surface area contributed by atoms with Crippen LogP contribution in [0.1, 0.15) is 0 Å². The van der Waals surface area contributed by atoms with Gasteiger partial charge in [0.15, 0.2) is 0 Å². The molecule has 10 heavy (non-hydrogen) atoms. The highest BCUT2D eigenvalue weighted by atomic mass is 16.5. The average Bonchev–Trinajstić information content (AvgIpc) is 1.91. The zero-order chi connectivity index (χ0) is 8.24. The molecule has 0 unspecified atom stereocenters. The van der Waals surface area contributed by atoms with Gasteiger partial charge in [-0.3, -0.25) is 0 Å². The van der Waals surface area contributed by atoms with Gasteiger partial charge in [-0.15, -0.1) is 13.2 Å². The van der Waals surface area contributed by atoms with E-state index in [-0.39, 0.29) is 0 Å². The molecule has 0 atom stereocenters. The minimum absolute atomic E-state index is 0.617. The van der Waals surface area contributed by atoms with Gasteiger partial charge in [-0.1, -0.05) is 18.7 Å². The SMILES string of the molecule is C=CCOCC=C.C=CO. The van der Waals surface area contributed by atoms with Crippen LogP contribution in [0, 0.1) is 0 Å². The van der Waals surface area contributed by atoms with Gasteiger partial charge in [-0.2, -0.15) is 0 Å². The van der Waals surface area contributed by atoms with Crippen molar-refractivity contribution in [1.29, 1.82) is 0 Å². The van der Waals surface area contributed by atoms with Crippen LogP contribution in [0.4, 0.5) is 0 Å². The molecule has 1 N–H and O–H groups in total. The highest BCUT2D eigenvalue weighted by Crippen LogP contribution is 1.72. The van der Waals surface area contributed by atoms with E-state index in [2.05, 4.69) is 19.7 Å². The highest BCUT2D eigenvalue weighted by molar-refractivity contribution is 4.68. The first-order chi connectivity index (χ1) is 4.83. The van der Waals surface area contributed by atoms with E-state index in [9.17, 15) is 0 Å². The van der Waals surface area contributed by atoms with Gasteiger partial charge in [0.25, 0.3) is 0 Å². The van der Waals surface area contributed by atoms with E-state index < -0.39 is 0 Å². The topological polar surface area (TPSA) is 29.5 Å². The molecule has 0 heterocycles. The minimum atomic E-state index is 0.617. The van der Waals surface area contributed by atoms with E-state index in [0.29, 0.717) is 13.2 Å². The van der Waals surface area contributed by atoms with Crippen LogP contribution >= 0.6 is 0 Å². The molecule has 0 rings (SSSR count).